The molecular weight excluding hydrogens is 416 g/mol. The molecule has 8 heteroatoms. The van der Waals surface area contributed by atoms with E-state index in [-0.39, 0.29) is 17.4 Å². The normalized spacial score (nSPS) is 10.9. The largest absolute Gasteiger partial charge is 0.494 e. The molecule has 0 aliphatic carbocycles. The van der Waals surface area contributed by atoms with E-state index in [1.807, 2.05) is 32.0 Å². The Morgan fingerprint density at radius 1 is 0.871 bits per heavy atom. The van der Waals surface area contributed by atoms with Crippen LogP contribution < -0.4 is 19.5 Å². The van der Waals surface area contributed by atoms with Gasteiger partial charge in [-0.2, -0.15) is 0 Å². The molecular formula is C23H24N2O5S. The summed E-state index contributed by atoms with van der Waals surface area (Å²) in [6.45, 7) is 4.16. The van der Waals surface area contributed by atoms with Gasteiger partial charge >= 0.3 is 0 Å². The van der Waals surface area contributed by atoms with E-state index in [4.69, 9.17) is 9.47 Å². The number of nitrogens with one attached hydrogen (secondary N) is 2. The van der Waals surface area contributed by atoms with Gasteiger partial charge in [-0.25, -0.2) is 8.42 Å². The van der Waals surface area contributed by atoms with Crippen molar-refractivity contribution in [1.82, 2.24) is 0 Å². The molecule has 31 heavy (non-hydrogen) atoms. The average Bonchev–Trinajstić information content (AvgIpc) is 2.74. The topological polar surface area (TPSA) is 93.7 Å². The van der Waals surface area contributed by atoms with Gasteiger partial charge in [-0.05, 0) is 80.1 Å². The fourth-order valence-corrected chi connectivity index (χ4v) is 3.84. The van der Waals surface area contributed by atoms with Crippen LogP contribution in [0.25, 0.3) is 0 Å². The van der Waals surface area contributed by atoms with Crippen LogP contribution in [0.2, 0.25) is 0 Å². The van der Waals surface area contributed by atoms with Crippen LogP contribution in [-0.4, -0.2) is 27.5 Å². The van der Waals surface area contributed by atoms with Gasteiger partial charge in [-0.3, -0.25) is 9.52 Å². The summed E-state index contributed by atoms with van der Waals surface area (Å²) in [6, 6.07) is 19.9. The third-order valence-corrected chi connectivity index (χ3v) is 5.62. The van der Waals surface area contributed by atoms with Gasteiger partial charge in [0.1, 0.15) is 11.5 Å². The molecule has 0 spiro atoms. The molecule has 0 bridgehead atoms. The second kappa shape index (κ2) is 9.99. The lowest BCUT2D eigenvalue weighted by atomic mass is 10.2. The number of sulfonamides is 1. The maximum absolute atomic E-state index is 12.6. The van der Waals surface area contributed by atoms with Crippen molar-refractivity contribution < 1.29 is 22.7 Å². The summed E-state index contributed by atoms with van der Waals surface area (Å²) in [6.07, 6.45) is 0. The molecule has 0 aliphatic rings. The Balaban J connectivity index is 1.56. The third kappa shape index (κ3) is 6.48. The highest BCUT2D eigenvalue weighted by atomic mass is 32.2. The minimum atomic E-state index is -3.76. The Morgan fingerprint density at radius 2 is 1.52 bits per heavy atom. The number of carbonyl (C=O) groups is 1. The number of anilines is 2. The first-order valence-electron chi connectivity index (χ1n) is 9.71. The van der Waals surface area contributed by atoms with Crippen molar-refractivity contribution in [2.24, 2.45) is 0 Å². The van der Waals surface area contributed by atoms with Gasteiger partial charge in [0.25, 0.3) is 15.9 Å². The smallest absolute Gasteiger partial charge is 0.262 e. The highest BCUT2D eigenvalue weighted by Crippen LogP contribution is 2.21. The van der Waals surface area contributed by atoms with Gasteiger partial charge in [0.2, 0.25) is 0 Å². The zero-order valence-corrected chi connectivity index (χ0v) is 18.1. The number of aryl methyl sites for hydroxylation is 1. The van der Waals surface area contributed by atoms with Crippen molar-refractivity contribution in [2.75, 3.05) is 23.3 Å². The summed E-state index contributed by atoms with van der Waals surface area (Å²) < 4.78 is 38.5. The molecule has 1 amide bonds. The number of hydrogen-bond acceptors (Lipinski definition) is 5. The molecule has 7 nitrogen and oxygen atoms in total. The monoisotopic (exact) mass is 440 g/mol. The van der Waals surface area contributed by atoms with Crippen molar-refractivity contribution in [3.63, 3.8) is 0 Å². The molecule has 3 rings (SSSR count). The van der Waals surface area contributed by atoms with E-state index in [0.29, 0.717) is 29.5 Å². The van der Waals surface area contributed by atoms with Crippen LogP contribution in [0.4, 0.5) is 11.4 Å². The van der Waals surface area contributed by atoms with E-state index in [0.717, 1.165) is 5.56 Å². The third-order valence-electron chi connectivity index (χ3n) is 4.22. The highest BCUT2D eigenvalue weighted by molar-refractivity contribution is 7.92. The van der Waals surface area contributed by atoms with E-state index in [1.54, 1.807) is 30.3 Å². The molecule has 162 valence electrons. The van der Waals surface area contributed by atoms with Crippen LogP contribution in [-0.2, 0) is 14.8 Å². The average molecular weight is 441 g/mol. The molecule has 0 unspecified atom stereocenters. The quantitative estimate of drug-likeness (QED) is 0.520. The predicted octanol–water partition coefficient (Wildman–Crippen LogP) is 4.21. The summed E-state index contributed by atoms with van der Waals surface area (Å²) >= 11 is 0. The Bertz CT molecular complexity index is 1130. The maximum atomic E-state index is 12.6. The van der Waals surface area contributed by atoms with Crippen molar-refractivity contribution in [2.45, 2.75) is 18.7 Å². The zero-order chi connectivity index (χ0) is 22.3. The number of hydrogen-bond donors (Lipinski definition) is 2. The van der Waals surface area contributed by atoms with E-state index < -0.39 is 10.0 Å². The molecule has 3 aromatic rings. The molecule has 0 heterocycles. The first-order chi connectivity index (χ1) is 14.9. The summed E-state index contributed by atoms with van der Waals surface area (Å²) in [4.78, 5) is 12.1. The van der Waals surface area contributed by atoms with Crippen LogP contribution in [0.15, 0.2) is 77.7 Å². The van der Waals surface area contributed by atoms with Gasteiger partial charge in [-0.1, -0.05) is 12.1 Å². The van der Waals surface area contributed by atoms with Crippen molar-refractivity contribution in [3.05, 3.63) is 78.4 Å². The van der Waals surface area contributed by atoms with Gasteiger partial charge in [0.05, 0.1) is 11.5 Å². The Hall–Kier alpha value is -3.52. The SMILES string of the molecule is CCOc1ccc(NS(=O)(=O)c2ccc(OCC(=O)Nc3cccc(C)c3)cc2)cc1. The molecule has 0 aromatic heterocycles. The van der Waals surface area contributed by atoms with Gasteiger partial charge in [0.15, 0.2) is 6.61 Å². The lowest BCUT2D eigenvalue weighted by Gasteiger charge is -2.11. The Morgan fingerprint density at radius 3 is 2.16 bits per heavy atom. The van der Waals surface area contributed by atoms with E-state index in [1.165, 1.54) is 24.3 Å². The number of carbonyl (C=O) groups excluding carboxylic acids is 1. The Labute approximate surface area is 182 Å². The molecule has 3 aromatic carbocycles. The van der Waals surface area contributed by atoms with Crippen LogP contribution in [0.3, 0.4) is 0 Å². The van der Waals surface area contributed by atoms with Crippen LogP contribution in [0, 0.1) is 6.92 Å². The van der Waals surface area contributed by atoms with Gasteiger partial charge in [-0.15, -0.1) is 0 Å². The number of benzene rings is 3. The highest BCUT2D eigenvalue weighted by Gasteiger charge is 2.14. The van der Waals surface area contributed by atoms with E-state index in [2.05, 4.69) is 10.0 Å². The zero-order valence-electron chi connectivity index (χ0n) is 17.3. The first-order valence-corrected chi connectivity index (χ1v) is 11.2. The summed E-state index contributed by atoms with van der Waals surface area (Å²) in [5.41, 5.74) is 2.15. The summed E-state index contributed by atoms with van der Waals surface area (Å²) in [5.74, 6) is 0.747. The number of amides is 1. The molecule has 0 aliphatic heterocycles. The van der Waals surface area contributed by atoms with Gasteiger partial charge < -0.3 is 14.8 Å². The fourth-order valence-electron chi connectivity index (χ4n) is 2.78. The van der Waals surface area contributed by atoms with Gasteiger partial charge in [0, 0.05) is 11.4 Å². The first kappa shape index (κ1) is 22.2. The maximum Gasteiger partial charge on any atom is 0.262 e. The summed E-state index contributed by atoms with van der Waals surface area (Å²) in [7, 11) is -3.76. The molecule has 0 atom stereocenters. The van der Waals surface area contributed by atoms with Crippen molar-refractivity contribution >= 4 is 27.3 Å². The lowest BCUT2D eigenvalue weighted by molar-refractivity contribution is -0.118. The molecule has 0 fully saturated rings. The van der Waals surface area contributed by atoms with Crippen molar-refractivity contribution in [3.8, 4) is 11.5 Å². The number of ether oxygens (including phenoxy) is 2. The second-order valence-electron chi connectivity index (χ2n) is 6.74. The van der Waals surface area contributed by atoms with E-state index in [9.17, 15) is 13.2 Å². The van der Waals surface area contributed by atoms with Crippen LogP contribution in [0.1, 0.15) is 12.5 Å². The standard InChI is InChI=1S/C23H24N2O5S/c1-3-29-20-9-7-18(8-10-20)25-31(27,28)22-13-11-21(12-14-22)30-16-23(26)24-19-6-4-5-17(2)15-19/h4-15,25H,3,16H2,1-2H3,(H,24,26). The minimum absolute atomic E-state index is 0.0814. The Kier molecular flexibility index (Phi) is 7.15. The second-order valence-corrected chi connectivity index (χ2v) is 8.42. The molecule has 0 saturated carbocycles. The summed E-state index contributed by atoms with van der Waals surface area (Å²) in [5, 5.41) is 2.75. The predicted molar refractivity (Wildman–Crippen MR) is 120 cm³/mol. The fraction of sp³-hybridized carbons (Fsp3) is 0.174. The molecule has 0 radical (unpaired) electrons. The minimum Gasteiger partial charge on any atom is -0.494 e. The molecule has 0 saturated heterocycles. The van der Waals surface area contributed by atoms with Crippen LogP contribution >= 0.6 is 0 Å². The van der Waals surface area contributed by atoms with E-state index >= 15 is 0 Å². The molecule has 2 N–H and O–H groups in total. The van der Waals surface area contributed by atoms with Crippen LogP contribution in [0.5, 0.6) is 11.5 Å². The lowest BCUT2D eigenvalue weighted by Crippen LogP contribution is -2.20. The number of rotatable bonds is 9. The van der Waals surface area contributed by atoms with Crippen molar-refractivity contribution in [1.29, 1.82) is 0 Å².